The van der Waals surface area contributed by atoms with Crippen molar-refractivity contribution < 1.29 is 4.79 Å². The maximum absolute atomic E-state index is 12.9. The van der Waals surface area contributed by atoms with E-state index in [0.717, 1.165) is 62.1 Å². The first-order valence-electron chi connectivity index (χ1n) is 11.3. The smallest absolute Gasteiger partial charge is 0.254 e. The zero-order chi connectivity index (χ0) is 20.5. The highest BCUT2D eigenvalue weighted by atomic mass is 79.9. The largest absolute Gasteiger partial charge is 0.330 e. The number of carbonyl (C=O) groups excluding carboxylic acids is 1. The lowest BCUT2D eigenvalue weighted by atomic mass is 9.87. The fraction of sp³-hybridized carbons (Fsp3) is 0.480. The second-order valence-electron chi connectivity index (χ2n) is 9.03. The lowest BCUT2D eigenvalue weighted by Crippen LogP contribution is -2.46. The number of carbonyl (C=O) groups is 1. The van der Waals surface area contributed by atoms with Crippen LogP contribution in [0.25, 0.3) is 0 Å². The van der Waals surface area contributed by atoms with Gasteiger partial charge in [-0.15, -0.1) is 0 Å². The fourth-order valence-electron chi connectivity index (χ4n) is 5.28. The lowest BCUT2D eigenvalue weighted by molar-refractivity contribution is 0.0674. The van der Waals surface area contributed by atoms with Crippen molar-refractivity contribution in [3.8, 4) is 0 Å². The van der Waals surface area contributed by atoms with Crippen LogP contribution in [0.2, 0.25) is 0 Å². The number of fused-ring (bicyclic) bond motifs is 1. The topological polar surface area (TPSA) is 35.6 Å². The molecule has 3 aliphatic heterocycles. The molecule has 2 saturated heterocycles. The van der Waals surface area contributed by atoms with Gasteiger partial charge >= 0.3 is 0 Å². The monoisotopic (exact) mass is 467 g/mol. The summed E-state index contributed by atoms with van der Waals surface area (Å²) in [6, 6.07) is 15.7. The summed E-state index contributed by atoms with van der Waals surface area (Å²) in [7, 11) is 0. The van der Waals surface area contributed by atoms with E-state index in [1.54, 1.807) is 0 Å². The van der Waals surface area contributed by atoms with Gasteiger partial charge < -0.3 is 10.2 Å². The summed E-state index contributed by atoms with van der Waals surface area (Å²) >= 11 is 3.51. The first kappa shape index (κ1) is 20.2. The van der Waals surface area contributed by atoms with Gasteiger partial charge in [0.05, 0.1) is 0 Å². The predicted molar refractivity (Wildman–Crippen MR) is 124 cm³/mol. The number of likely N-dealkylation sites (tertiary alicyclic amines) is 1. The van der Waals surface area contributed by atoms with Crippen molar-refractivity contribution in [3.63, 3.8) is 0 Å². The highest BCUT2D eigenvalue weighted by Crippen LogP contribution is 2.33. The van der Waals surface area contributed by atoms with Crippen molar-refractivity contribution in [2.75, 3.05) is 26.2 Å². The number of piperidine rings is 2. The van der Waals surface area contributed by atoms with E-state index < -0.39 is 0 Å². The first-order valence-corrected chi connectivity index (χ1v) is 12.1. The van der Waals surface area contributed by atoms with Crippen molar-refractivity contribution in [1.29, 1.82) is 0 Å². The summed E-state index contributed by atoms with van der Waals surface area (Å²) < 4.78 is 1.14. The molecular formula is C25H30BrN3O. The van der Waals surface area contributed by atoms with Gasteiger partial charge in [0, 0.05) is 35.7 Å². The van der Waals surface area contributed by atoms with E-state index in [4.69, 9.17) is 0 Å². The SMILES string of the molecule is O=C1c2ccc(C3CCN(Cc4ccc(Br)cc4)CC3)cc2CN1C1CCCNC1. The molecule has 0 bridgehead atoms. The normalized spacial score (nSPS) is 23.0. The van der Waals surface area contributed by atoms with Gasteiger partial charge in [0.1, 0.15) is 0 Å². The summed E-state index contributed by atoms with van der Waals surface area (Å²) in [5.41, 5.74) is 4.97. The van der Waals surface area contributed by atoms with Crippen LogP contribution in [0.4, 0.5) is 0 Å². The molecule has 3 aliphatic rings. The van der Waals surface area contributed by atoms with E-state index in [0.29, 0.717) is 12.0 Å². The van der Waals surface area contributed by atoms with Gasteiger partial charge in [-0.2, -0.15) is 0 Å². The number of benzene rings is 2. The van der Waals surface area contributed by atoms with Gasteiger partial charge in [-0.1, -0.05) is 40.2 Å². The third-order valence-electron chi connectivity index (χ3n) is 7.05. The number of nitrogens with zero attached hydrogens (tertiary/aromatic N) is 2. The van der Waals surface area contributed by atoms with Gasteiger partial charge in [0.15, 0.2) is 0 Å². The molecule has 0 radical (unpaired) electrons. The van der Waals surface area contributed by atoms with Gasteiger partial charge in [-0.05, 0) is 86.1 Å². The molecule has 0 aromatic heterocycles. The molecule has 0 aliphatic carbocycles. The zero-order valence-electron chi connectivity index (χ0n) is 17.4. The van der Waals surface area contributed by atoms with Crippen molar-refractivity contribution >= 4 is 21.8 Å². The van der Waals surface area contributed by atoms with Crippen molar-refractivity contribution in [3.05, 3.63) is 69.2 Å². The van der Waals surface area contributed by atoms with E-state index >= 15 is 0 Å². The average molecular weight is 468 g/mol. The lowest BCUT2D eigenvalue weighted by Gasteiger charge is -2.32. The van der Waals surface area contributed by atoms with E-state index in [1.807, 2.05) is 0 Å². The molecule has 30 heavy (non-hydrogen) atoms. The Labute approximate surface area is 187 Å². The number of halogens is 1. The molecule has 5 rings (SSSR count). The summed E-state index contributed by atoms with van der Waals surface area (Å²) in [6.07, 6.45) is 4.67. The van der Waals surface area contributed by atoms with E-state index in [1.165, 1.54) is 29.5 Å². The van der Waals surface area contributed by atoms with E-state index in [2.05, 4.69) is 73.5 Å². The Bertz CT molecular complexity index is 899. The molecule has 158 valence electrons. The standard InChI is InChI=1S/C25H30BrN3O/c26-22-6-3-18(4-7-22)16-28-12-9-19(10-13-28)20-5-8-24-21(14-20)17-29(25(24)30)23-2-1-11-27-15-23/h3-8,14,19,23,27H,1-2,9-13,15-17H2. The Hall–Kier alpha value is -1.69. The quantitative estimate of drug-likeness (QED) is 0.716. The Morgan fingerprint density at radius 3 is 2.57 bits per heavy atom. The molecule has 5 heteroatoms. The molecule has 0 saturated carbocycles. The Morgan fingerprint density at radius 2 is 1.83 bits per heavy atom. The number of hydrogen-bond donors (Lipinski definition) is 1. The summed E-state index contributed by atoms with van der Waals surface area (Å²) in [6.45, 7) is 6.10. The average Bonchev–Trinajstić information content (AvgIpc) is 3.12. The maximum atomic E-state index is 12.9. The number of hydrogen-bond acceptors (Lipinski definition) is 3. The highest BCUT2D eigenvalue weighted by molar-refractivity contribution is 9.10. The third kappa shape index (κ3) is 4.20. The van der Waals surface area contributed by atoms with Crippen molar-refractivity contribution in [1.82, 2.24) is 15.1 Å². The van der Waals surface area contributed by atoms with Crippen LogP contribution >= 0.6 is 15.9 Å². The molecule has 0 spiro atoms. The number of nitrogens with one attached hydrogen (secondary N) is 1. The Balaban J connectivity index is 1.21. The molecular weight excluding hydrogens is 438 g/mol. The summed E-state index contributed by atoms with van der Waals surface area (Å²) in [4.78, 5) is 17.6. The number of rotatable bonds is 4. The fourth-order valence-corrected chi connectivity index (χ4v) is 5.55. The highest BCUT2D eigenvalue weighted by Gasteiger charge is 2.34. The second kappa shape index (κ2) is 8.81. The Morgan fingerprint density at radius 1 is 1.03 bits per heavy atom. The molecule has 3 heterocycles. The van der Waals surface area contributed by atoms with Crippen LogP contribution in [0.1, 0.15) is 58.6 Å². The van der Waals surface area contributed by atoms with Gasteiger partial charge in [-0.3, -0.25) is 9.69 Å². The first-order chi connectivity index (χ1) is 14.7. The van der Waals surface area contributed by atoms with Crippen LogP contribution in [-0.4, -0.2) is 47.9 Å². The Kier molecular flexibility index (Phi) is 5.94. The van der Waals surface area contributed by atoms with Crippen molar-refractivity contribution in [2.45, 2.75) is 50.7 Å². The van der Waals surface area contributed by atoms with E-state index in [9.17, 15) is 4.79 Å². The molecule has 1 N–H and O–H groups in total. The minimum atomic E-state index is 0.231. The van der Waals surface area contributed by atoms with Gasteiger partial charge in [0.25, 0.3) is 5.91 Å². The van der Waals surface area contributed by atoms with Crippen LogP contribution in [0, 0.1) is 0 Å². The zero-order valence-corrected chi connectivity index (χ0v) is 19.0. The summed E-state index contributed by atoms with van der Waals surface area (Å²) in [5, 5.41) is 3.45. The molecule has 1 atom stereocenters. The summed E-state index contributed by atoms with van der Waals surface area (Å²) in [5.74, 6) is 0.839. The van der Waals surface area contributed by atoms with Crippen LogP contribution in [0.5, 0.6) is 0 Å². The maximum Gasteiger partial charge on any atom is 0.254 e. The van der Waals surface area contributed by atoms with Crippen molar-refractivity contribution in [2.24, 2.45) is 0 Å². The molecule has 1 unspecified atom stereocenters. The molecule has 2 aromatic carbocycles. The molecule has 4 nitrogen and oxygen atoms in total. The molecule has 2 aromatic rings. The number of amides is 1. The molecule has 1 amide bonds. The third-order valence-corrected chi connectivity index (χ3v) is 7.58. The molecule has 2 fully saturated rings. The second-order valence-corrected chi connectivity index (χ2v) is 9.94. The van der Waals surface area contributed by atoms with Crippen LogP contribution in [-0.2, 0) is 13.1 Å². The minimum Gasteiger partial charge on any atom is -0.330 e. The van der Waals surface area contributed by atoms with Crippen LogP contribution in [0.15, 0.2) is 46.9 Å². The van der Waals surface area contributed by atoms with Gasteiger partial charge in [-0.25, -0.2) is 0 Å². The van der Waals surface area contributed by atoms with Crippen LogP contribution in [0.3, 0.4) is 0 Å². The van der Waals surface area contributed by atoms with Gasteiger partial charge in [0.2, 0.25) is 0 Å². The minimum absolute atomic E-state index is 0.231. The van der Waals surface area contributed by atoms with E-state index in [-0.39, 0.29) is 5.91 Å². The van der Waals surface area contributed by atoms with Crippen LogP contribution < -0.4 is 5.32 Å². The predicted octanol–water partition coefficient (Wildman–Crippen LogP) is 4.54.